The van der Waals surface area contributed by atoms with Crippen LogP contribution in [0.2, 0.25) is 0 Å². The van der Waals surface area contributed by atoms with Crippen LogP contribution >= 0.6 is 0 Å². The Morgan fingerprint density at radius 3 is 2.10 bits per heavy atom. The molecule has 0 heterocycles. The summed E-state index contributed by atoms with van der Waals surface area (Å²) in [5.74, 6) is -3.86. The quantitative estimate of drug-likeness (QED) is 0.345. The Kier molecular flexibility index (Phi) is 7.08. The molecule has 0 atom stereocenters. The Morgan fingerprint density at radius 2 is 1.47 bits per heavy atom. The summed E-state index contributed by atoms with van der Waals surface area (Å²) >= 11 is 0. The van der Waals surface area contributed by atoms with Crippen LogP contribution in [0.5, 0.6) is 5.75 Å². The molecular weight excluding hydrogens is 399 g/mol. The van der Waals surface area contributed by atoms with Crippen molar-refractivity contribution in [2.24, 2.45) is 0 Å². The number of unbranched alkanes of at least 4 members (excludes halogenated alkanes) is 1. The third-order valence-electron chi connectivity index (χ3n) is 4.78. The fourth-order valence-corrected chi connectivity index (χ4v) is 3.17. The first-order chi connectivity index (χ1) is 14.4. The summed E-state index contributed by atoms with van der Waals surface area (Å²) in [6.45, 7) is 1.07. The normalized spacial score (nSPS) is 11.2. The first-order valence-electron chi connectivity index (χ1n) is 9.69. The van der Waals surface area contributed by atoms with E-state index in [4.69, 9.17) is 0 Å². The minimum absolute atomic E-state index is 0.132. The van der Waals surface area contributed by atoms with Gasteiger partial charge in [0.25, 0.3) is 6.43 Å². The summed E-state index contributed by atoms with van der Waals surface area (Å²) in [7, 11) is 0. The number of halogens is 5. The molecule has 0 bridgehead atoms. The smallest absolute Gasteiger partial charge is 0.272 e. The van der Waals surface area contributed by atoms with Crippen molar-refractivity contribution in [3.05, 3.63) is 77.6 Å². The van der Waals surface area contributed by atoms with Crippen molar-refractivity contribution in [3.8, 4) is 28.0 Å². The van der Waals surface area contributed by atoms with E-state index in [1.54, 1.807) is 0 Å². The van der Waals surface area contributed by atoms with Gasteiger partial charge in [-0.1, -0.05) is 49.7 Å². The zero-order chi connectivity index (χ0) is 21.7. The predicted octanol–water partition coefficient (Wildman–Crippen LogP) is 7.42. The molecule has 0 aliphatic carbocycles. The van der Waals surface area contributed by atoms with Crippen LogP contribution in [-0.4, -0.2) is 13.0 Å². The number of hydrogen-bond donors (Lipinski definition) is 0. The molecule has 0 N–H and O–H groups in total. The van der Waals surface area contributed by atoms with Crippen molar-refractivity contribution in [1.82, 2.24) is 0 Å². The van der Waals surface area contributed by atoms with Crippen LogP contribution in [0.25, 0.3) is 22.3 Å². The monoisotopic (exact) mass is 420 g/mol. The maximum atomic E-state index is 14.7. The highest BCUT2D eigenvalue weighted by Gasteiger charge is 2.18. The molecule has 0 aromatic heterocycles. The number of aryl methyl sites for hydroxylation is 1. The molecule has 3 rings (SSSR count). The van der Waals surface area contributed by atoms with Crippen molar-refractivity contribution in [2.45, 2.75) is 32.6 Å². The molecule has 0 aliphatic heterocycles. The van der Waals surface area contributed by atoms with Gasteiger partial charge < -0.3 is 4.74 Å². The maximum Gasteiger partial charge on any atom is 0.272 e. The number of rotatable bonds is 8. The van der Waals surface area contributed by atoms with Gasteiger partial charge in [0.1, 0.15) is 12.4 Å². The Hall–Kier alpha value is -2.89. The van der Waals surface area contributed by atoms with Crippen molar-refractivity contribution in [2.75, 3.05) is 6.61 Å². The molecule has 0 amide bonds. The van der Waals surface area contributed by atoms with Gasteiger partial charge in [0, 0.05) is 11.1 Å². The lowest BCUT2D eigenvalue weighted by atomic mass is 9.97. The van der Waals surface area contributed by atoms with Crippen LogP contribution < -0.4 is 4.74 Å². The van der Waals surface area contributed by atoms with E-state index in [2.05, 4.69) is 11.7 Å². The molecule has 0 aliphatic rings. The zero-order valence-electron chi connectivity index (χ0n) is 16.4. The van der Waals surface area contributed by atoms with Gasteiger partial charge in [-0.15, -0.1) is 0 Å². The molecule has 1 nitrogen and oxygen atoms in total. The lowest BCUT2D eigenvalue weighted by Gasteiger charge is -2.11. The Morgan fingerprint density at radius 1 is 0.800 bits per heavy atom. The second kappa shape index (κ2) is 9.74. The largest absolute Gasteiger partial charge is 0.484 e. The molecule has 158 valence electrons. The second-order valence-electron chi connectivity index (χ2n) is 6.94. The van der Waals surface area contributed by atoms with Gasteiger partial charge in [0.15, 0.2) is 11.6 Å². The van der Waals surface area contributed by atoms with Crippen molar-refractivity contribution in [3.63, 3.8) is 0 Å². The van der Waals surface area contributed by atoms with Gasteiger partial charge in [0.05, 0.1) is 0 Å². The van der Waals surface area contributed by atoms with Crippen LogP contribution in [0, 0.1) is 17.5 Å². The second-order valence-corrected chi connectivity index (χ2v) is 6.94. The first-order valence-corrected chi connectivity index (χ1v) is 9.69. The average molecular weight is 420 g/mol. The zero-order valence-corrected chi connectivity index (χ0v) is 16.4. The van der Waals surface area contributed by atoms with Crippen molar-refractivity contribution in [1.29, 1.82) is 0 Å². The molecule has 0 fully saturated rings. The van der Waals surface area contributed by atoms with Gasteiger partial charge in [-0.05, 0) is 47.7 Å². The van der Waals surface area contributed by atoms with Crippen LogP contribution in [0.1, 0.15) is 25.3 Å². The Labute approximate surface area is 172 Å². The third kappa shape index (κ3) is 4.99. The molecule has 0 spiro atoms. The first kappa shape index (κ1) is 21.8. The van der Waals surface area contributed by atoms with E-state index < -0.39 is 36.2 Å². The summed E-state index contributed by atoms with van der Waals surface area (Å²) in [5, 5.41) is 0. The Balaban J connectivity index is 1.85. The van der Waals surface area contributed by atoms with Crippen LogP contribution in [-0.2, 0) is 6.42 Å². The standard InChI is InChI=1S/C24H21F5O/c1-2-3-4-15-5-7-16(8-6-15)18-10-9-17(13-20(18)25)19-11-12-21(24(29)23(19)28)30-14-22(26)27/h5-13,22H,2-4,14H2,1H3. The Bertz CT molecular complexity index is 999. The minimum atomic E-state index is -2.81. The summed E-state index contributed by atoms with van der Waals surface area (Å²) in [5.41, 5.74) is 2.15. The molecule has 3 aromatic rings. The van der Waals surface area contributed by atoms with Gasteiger partial charge in [-0.2, -0.15) is 4.39 Å². The van der Waals surface area contributed by atoms with Crippen LogP contribution in [0.15, 0.2) is 54.6 Å². The van der Waals surface area contributed by atoms with E-state index in [0.29, 0.717) is 11.1 Å². The molecule has 0 saturated carbocycles. The van der Waals surface area contributed by atoms with Gasteiger partial charge >= 0.3 is 0 Å². The summed E-state index contributed by atoms with van der Waals surface area (Å²) in [4.78, 5) is 0. The number of benzene rings is 3. The van der Waals surface area contributed by atoms with Crippen LogP contribution in [0.4, 0.5) is 22.0 Å². The third-order valence-corrected chi connectivity index (χ3v) is 4.78. The number of ether oxygens (including phenoxy) is 1. The summed E-state index contributed by atoms with van der Waals surface area (Å²) in [6.07, 6.45) is 0.319. The predicted molar refractivity (Wildman–Crippen MR) is 107 cm³/mol. The van der Waals surface area contributed by atoms with Crippen molar-refractivity contribution >= 4 is 0 Å². The van der Waals surface area contributed by atoms with E-state index in [-0.39, 0.29) is 11.1 Å². The highest BCUT2D eigenvalue weighted by Crippen LogP contribution is 2.33. The van der Waals surface area contributed by atoms with Crippen LogP contribution in [0.3, 0.4) is 0 Å². The molecule has 0 radical (unpaired) electrons. The lowest BCUT2D eigenvalue weighted by Crippen LogP contribution is -2.08. The molecule has 3 aromatic carbocycles. The summed E-state index contributed by atoms with van der Waals surface area (Å²) in [6, 6.07) is 13.9. The van der Waals surface area contributed by atoms with Crippen molar-refractivity contribution < 1.29 is 26.7 Å². The van der Waals surface area contributed by atoms with E-state index in [1.807, 2.05) is 24.3 Å². The molecular formula is C24H21F5O. The number of alkyl halides is 2. The number of hydrogen-bond acceptors (Lipinski definition) is 1. The topological polar surface area (TPSA) is 9.23 Å². The molecule has 0 saturated heterocycles. The highest BCUT2D eigenvalue weighted by molar-refractivity contribution is 5.72. The van der Waals surface area contributed by atoms with Gasteiger partial charge in [-0.3, -0.25) is 0 Å². The lowest BCUT2D eigenvalue weighted by molar-refractivity contribution is 0.0795. The van der Waals surface area contributed by atoms with E-state index in [1.165, 1.54) is 23.8 Å². The average Bonchev–Trinajstić information content (AvgIpc) is 2.73. The maximum absolute atomic E-state index is 14.7. The van der Waals surface area contributed by atoms with Gasteiger partial charge in [0.2, 0.25) is 5.82 Å². The fourth-order valence-electron chi connectivity index (χ4n) is 3.17. The molecule has 30 heavy (non-hydrogen) atoms. The minimum Gasteiger partial charge on any atom is -0.484 e. The highest BCUT2D eigenvalue weighted by atomic mass is 19.3. The summed E-state index contributed by atoms with van der Waals surface area (Å²) < 4.78 is 72.3. The molecule has 6 heteroatoms. The fraction of sp³-hybridized carbons (Fsp3) is 0.250. The molecule has 0 unspecified atom stereocenters. The van der Waals surface area contributed by atoms with E-state index >= 15 is 0 Å². The van der Waals surface area contributed by atoms with E-state index in [9.17, 15) is 22.0 Å². The van der Waals surface area contributed by atoms with E-state index in [0.717, 1.165) is 31.4 Å². The van der Waals surface area contributed by atoms with Gasteiger partial charge in [-0.25, -0.2) is 17.6 Å². The SMILES string of the molecule is CCCCc1ccc(-c2ccc(-c3ccc(OCC(F)F)c(F)c3F)cc2F)cc1.